The third kappa shape index (κ3) is 5.13. The molecular weight excluding hydrogens is 368 g/mol. The Bertz CT molecular complexity index is 814. The Morgan fingerprint density at radius 3 is 2.93 bits per heavy atom. The highest BCUT2D eigenvalue weighted by atomic mass is 35.5. The second-order valence-electron chi connectivity index (χ2n) is 6.73. The average Bonchev–Trinajstić information content (AvgIpc) is 2.64. The quantitative estimate of drug-likeness (QED) is 0.673. The molecule has 0 saturated heterocycles. The van der Waals surface area contributed by atoms with Gasteiger partial charge in [0.1, 0.15) is 5.75 Å². The molecule has 0 amide bonds. The zero-order valence-corrected chi connectivity index (χ0v) is 15.8. The number of nitrogens with one attached hydrogen (secondary N) is 1. The van der Waals surface area contributed by atoms with E-state index in [-0.39, 0.29) is 12.6 Å². The van der Waals surface area contributed by atoms with Gasteiger partial charge in [-0.3, -0.25) is 0 Å². The second kappa shape index (κ2) is 8.61. The number of carboxylic acid groups (broad SMARTS) is 1. The van der Waals surface area contributed by atoms with Gasteiger partial charge in [0.15, 0.2) is 6.61 Å². The van der Waals surface area contributed by atoms with Crippen LogP contribution in [0.3, 0.4) is 0 Å². The Morgan fingerprint density at radius 1 is 1.37 bits per heavy atom. The van der Waals surface area contributed by atoms with Crippen molar-refractivity contribution in [2.24, 2.45) is 0 Å². The third-order valence-electron chi connectivity index (χ3n) is 4.62. The van der Waals surface area contributed by atoms with Gasteiger partial charge in [-0.25, -0.2) is 4.79 Å². The summed E-state index contributed by atoms with van der Waals surface area (Å²) in [4.78, 5) is 12.8. The number of benzene rings is 2. The summed E-state index contributed by atoms with van der Waals surface area (Å²) in [6.07, 6.45) is 0.132. The number of ether oxygens (including phenoxy) is 1. The number of hydrogen-bond acceptors (Lipinski definition) is 5. The number of nitrogens with zero attached hydrogens (tertiary/aromatic N) is 1. The summed E-state index contributed by atoms with van der Waals surface area (Å²) in [5, 5.41) is 23.2. The molecular formula is C20H23ClN2O4. The summed E-state index contributed by atoms with van der Waals surface area (Å²) in [5.74, 6) is -0.455. The van der Waals surface area contributed by atoms with E-state index in [0.29, 0.717) is 17.3 Å². The van der Waals surface area contributed by atoms with Crippen LogP contribution in [0.4, 0.5) is 5.69 Å². The van der Waals surface area contributed by atoms with E-state index in [2.05, 4.69) is 10.2 Å². The first-order chi connectivity index (χ1) is 12.9. The molecule has 0 fully saturated rings. The van der Waals surface area contributed by atoms with E-state index in [9.17, 15) is 9.90 Å². The Morgan fingerprint density at radius 2 is 2.19 bits per heavy atom. The molecule has 0 bridgehead atoms. The first-order valence-corrected chi connectivity index (χ1v) is 9.15. The van der Waals surface area contributed by atoms with E-state index in [1.54, 1.807) is 18.2 Å². The maximum absolute atomic E-state index is 10.7. The molecule has 0 spiro atoms. The van der Waals surface area contributed by atoms with Crippen LogP contribution in [-0.2, 0) is 11.2 Å². The second-order valence-corrected chi connectivity index (χ2v) is 7.17. The van der Waals surface area contributed by atoms with Crippen molar-refractivity contribution in [2.45, 2.75) is 18.6 Å². The van der Waals surface area contributed by atoms with Crippen molar-refractivity contribution in [3.8, 4) is 5.75 Å². The molecule has 0 aliphatic carbocycles. The lowest BCUT2D eigenvalue weighted by atomic mass is 9.97. The molecule has 3 N–H and O–H groups in total. The smallest absolute Gasteiger partial charge is 0.341 e. The van der Waals surface area contributed by atoms with Crippen molar-refractivity contribution in [1.29, 1.82) is 0 Å². The summed E-state index contributed by atoms with van der Waals surface area (Å²) in [6.45, 7) is 0.871. The fraction of sp³-hybridized carbons (Fsp3) is 0.350. The van der Waals surface area contributed by atoms with Crippen LogP contribution in [0.5, 0.6) is 5.75 Å². The summed E-state index contributed by atoms with van der Waals surface area (Å²) in [7, 11) is 2.01. The van der Waals surface area contributed by atoms with Gasteiger partial charge in [-0.15, -0.1) is 0 Å². The molecule has 3 rings (SSSR count). The molecule has 144 valence electrons. The van der Waals surface area contributed by atoms with E-state index in [1.165, 1.54) is 0 Å². The molecule has 1 unspecified atom stereocenters. The number of aliphatic hydroxyl groups excluding tert-OH is 1. The molecule has 0 radical (unpaired) electrons. The fourth-order valence-corrected chi connectivity index (χ4v) is 3.54. The molecule has 1 heterocycles. The molecule has 1 aliphatic rings. The van der Waals surface area contributed by atoms with Crippen LogP contribution in [-0.4, -0.2) is 49.0 Å². The number of fused-ring (bicyclic) bond motifs is 1. The first-order valence-electron chi connectivity index (χ1n) is 8.78. The van der Waals surface area contributed by atoms with Crippen molar-refractivity contribution in [2.75, 3.05) is 31.6 Å². The van der Waals surface area contributed by atoms with E-state index in [1.807, 2.05) is 31.3 Å². The van der Waals surface area contributed by atoms with Gasteiger partial charge < -0.3 is 25.2 Å². The Hall–Kier alpha value is -2.28. The lowest BCUT2D eigenvalue weighted by molar-refractivity contribution is -0.139. The molecule has 0 saturated carbocycles. The highest BCUT2D eigenvalue weighted by Gasteiger charge is 2.23. The van der Waals surface area contributed by atoms with Gasteiger partial charge in [0, 0.05) is 36.9 Å². The molecule has 27 heavy (non-hydrogen) atoms. The van der Waals surface area contributed by atoms with Crippen molar-refractivity contribution in [1.82, 2.24) is 5.32 Å². The highest BCUT2D eigenvalue weighted by molar-refractivity contribution is 6.30. The number of carbonyl (C=O) groups is 1. The minimum Gasteiger partial charge on any atom is -0.482 e. The lowest BCUT2D eigenvalue weighted by Crippen LogP contribution is -2.46. The molecule has 2 aromatic rings. The lowest BCUT2D eigenvalue weighted by Gasteiger charge is -2.34. The predicted molar refractivity (Wildman–Crippen MR) is 105 cm³/mol. The van der Waals surface area contributed by atoms with Crippen LogP contribution in [0.25, 0.3) is 0 Å². The first kappa shape index (κ1) is 19.5. The minimum absolute atomic E-state index is 0.158. The number of halogens is 1. The summed E-state index contributed by atoms with van der Waals surface area (Å²) < 4.78 is 5.28. The molecule has 1 aliphatic heterocycles. The topological polar surface area (TPSA) is 82.0 Å². The van der Waals surface area contributed by atoms with Crippen LogP contribution in [0.1, 0.15) is 17.2 Å². The maximum Gasteiger partial charge on any atom is 0.341 e. The third-order valence-corrected chi connectivity index (χ3v) is 4.85. The van der Waals surface area contributed by atoms with Crippen LogP contribution in [0, 0.1) is 0 Å². The summed E-state index contributed by atoms with van der Waals surface area (Å²) in [5.41, 5.74) is 2.97. The summed E-state index contributed by atoms with van der Waals surface area (Å²) in [6, 6.07) is 13.0. The van der Waals surface area contributed by atoms with Crippen LogP contribution >= 0.6 is 11.6 Å². The van der Waals surface area contributed by atoms with E-state index in [4.69, 9.17) is 21.4 Å². The number of hydrogen-bond donors (Lipinski definition) is 3. The van der Waals surface area contributed by atoms with Crippen LogP contribution < -0.4 is 15.0 Å². The van der Waals surface area contributed by atoms with E-state index < -0.39 is 12.1 Å². The van der Waals surface area contributed by atoms with Crippen molar-refractivity contribution < 1.29 is 19.7 Å². The van der Waals surface area contributed by atoms with Crippen molar-refractivity contribution in [3.63, 3.8) is 0 Å². The van der Waals surface area contributed by atoms with E-state index >= 15 is 0 Å². The standard InChI is InChI=1S/C20H23ClN2O4/c1-23-11-16(22-10-19(24)13-3-2-4-15(21)7-13)8-14-9-17(5-6-18(14)23)27-12-20(25)26/h2-7,9,16,19,22,24H,8,10-12H2,1H3,(H,25,26)/t16?,19-/m0/s1. The SMILES string of the molecule is CN1CC(NC[C@H](O)c2cccc(Cl)c2)Cc2cc(OCC(=O)O)ccc21. The van der Waals surface area contributed by atoms with Crippen molar-refractivity contribution >= 4 is 23.3 Å². The van der Waals surface area contributed by atoms with Crippen LogP contribution in [0.15, 0.2) is 42.5 Å². The Balaban J connectivity index is 1.62. The molecule has 2 atom stereocenters. The average molecular weight is 391 g/mol. The molecule has 7 heteroatoms. The number of rotatable bonds is 7. The van der Waals surface area contributed by atoms with Gasteiger partial charge in [0.25, 0.3) is 0 Å². The van der Waals surface area contributed by atoms with Gasteiger partial charge in [-0.1, -0.05) is 23.7 Å². The Labute approximate surface area is 163 Å². The molecule has 0 aromatic heterocycles. The van der Waals surface area contributed by atoms with Crippen molar-refractivity contribution in [3.05, 3.63) is 58.6 Å². The fourth-order valence-electron chi connectivity index (χ4n) is 3.34. The largest absolute Gasteiger partial charge is 0.482 e. The van der Waals surface area contributed by atoms with Gasteiger partial charge in [0.2, 0.25) is 0 Å². The predicted octanol–water partition coefficient (Wildman–Crippen LogP) is 2.49. The normalized spacial score (nSPS) is 17.3. The number of aliphatic hydroxyl groups is 1. The number of anilines is 1. The van der Waals surface area contributed by atoms with Gasteiger partial charge >= 0.3 is 5.97 Å². The monoisotopic (exact) mass is 390 g/mol. The number of carboxylic acids is 1. The summed E-state index contributed by atoms with van der Waals surface area (Å²) >= 11 is 5.99. The van der Waals surface area contributed by atoms with Gasteiger partial charge in [-0.2, -0.15) is 0 Å². The number of likely N-dealkylation sites (N-methyl/N-ethyl adjacent to an activating group) is 1. The molecule has 6 nitrogen and oxygen atoms in total. The van der Waals surface area contributed by atoms with Gasteiger partial charge in [-0.05, 0) is 47.9 Å². The highest BCUT2D eigenvalue weighted by Crippen LogP contribution is 2.30. The van der Waals surface area contributed by atoms with E-state index in [0.717, 1.165) is 29.8 Å². The van der Waals surface area contributed by atoms with Crippen LogP contribution in [0.2, 0.25) is 5.02 Å². The Kier molecular flexibility index (Phi) is 6.21. The zero-order chi connectivity index (χ0) is 19.4. The minimum atomic E-state index is -1.00. The zero-order valence-electron chi connectivity index (χ0n) is 15.1. The van der Waals surface area contributed by atoms with Gasteiger partial charge in [0.05, 0.1) is 6.10 Å². The molecule has 2 aromatic carbocycles. The maximum atomic E-state index is 10.7. The number of aliphatic carboxylic acids is 1.